The van der Waals surface area contributed by atoms with Crippen molar-refractivity contribution >= 4 is 17.8 Å². The standard InChI is InChI=1S/C13H12N2O/c16-11-14-15(12-7-3-1-4-8-12)13-9-5-2-6-10-13/h1-11H,(H,14,16). The Bertz CT molecular complexity index is 403. The van der Waals surface area contributed by atoms with E-state index in [0.717, 1.165) is 11.4 Å². The third-order valence-corrected chi connectivity index (χ3v) is 2.21. The van der Waals surface area contributed by atoms with Crippen LogP contribution < -0.4 is 10.4 Å². The summed E-state index contributed by atoms with van der Waals surface area (Å²) in [7, 11) is 0. The van der Waals surface area contributed by atoms with Gasteiger partial charge in [-0.15, -0.1) is 0 Å². The average Bonchev–Trinajstić information content (AvgIpc) is 2.38. The molecule has 0 unspecified atom stereocenters. The van der Waals surface area contributed by atoms with E-state index < -0.39 is 0 Å². The van der Waals surface area contributed by atoms with Crippen LogP contribution in [0.25, 0.3) is 0 Å². The van der Waals surface area contributed by atoms with Crippen molar-refractivity contribution < 1.29 is 4.79 Å². The molecule has 16 heavy (non-hydrogen) atoms. The van der Waals surface area contributed by atoms with Crippen LogP contribution in [-0.4, -0.2) is 6.41 Å². The van der Waals surface area contributed by atoms with Crippen LogP contribution in [0.3, 0.4) is 0 Å². The minimum Gasteiger partial charge on any atom is -0.277 e. The maximum atomic E-state index is 10.6. The predicted octanol–water partition coefficient (Wildman–Crippen LogP) is 2.49. The van der Waals surface area contributed by atoms with E-state index in [0.29, 0.717) is 6.41 Å². The van der Waals surface area contributed by atoms with Crippen molar-refractivity contribution in [3.8, 4) is 0 Å². The van der Waals surface area contributed by atoms with Crippen molar-refractivity contribution in [2.45, 2.75) is 0 Å². The minimum absolute atomic E-state index is 0.667. The van der Waals surface area contributed by atoms with Gasteiger partial charge >= 0.3 is 0 Å². The van der Waals surface area contributed by atoms with E-state index in [1.165, 1.54) is 0 Å². The number of hydrogen-bond donors (Lipinski definition) is 1. The molecule has 0 aliphatic rings. The molecule has 1 N–H and O–H groups in total. The molecule has 2 aromatic rings. The quantitative estimate of drug-likeness (QED) is 0.623. The molecule has 80 valence electrons. The molecule has 0 aromatic heterocycles. The molecule has 0 atom stereocenters. The molecule has 2 aromatic carbocycles. The number of hydrazine groups is 1. The lowest BCUT2D eigenvalue weighted by Gasteiger charge is -2.22. The molecule has 0 radical (unpaired) electrons. The van der Waals surface area contributed by atoms with Gasteiger partial charge in [0, 0.05) is 0 Å². The smallest absolute Gasteiger partial charge is 0.226 e. The Morgan fingerprint density at radius 3 is 1.62 bits per heavy atom. The van der Waals surface area contributed by atoms with Crippen molar-refractivity contribution in [1.82, 2.24) is 5.43 Å². The van der Waals surface area contributed by atoms with Crippen molar-refractivity contribution in [1.29, 1.82) is 0 Å². The van der Waals surface area contributed by atoms with Gasteiger partial charge in [0.2, 0.25) is 6.41 Å². The Balaban J connectivity index is 2.35. The Morgan fingerprint density at radius 1 is 0.812 bits per heavy atom. The molecule has 1 amide bonds. The first-order chi connectivity index (χ1) is 7.92. The van der Waals surface area contributed by atoms with Gasteiger partial charge in [-0.05, 0) is 24.3 Å². The fourth-order valence-electron chi connectivity index (χ4n) is 1.50. The number of hydrogen-bond acceptors (Lipinski definition) is 2. The molecule has 0 fully saturated rings. The van der Waals surface area contributed by atoms with Gasteiger partial charge in [-0.1, -0.05) is 36.4 Å². The number of anilines is 2. The normalized spacial score (nSPS) is 9.50. The monoisotopic (exact) mass is 212 g/mol. The third kappa shape index (κ3) is 2.20. The first kappa shape index (κ1) is 10.2. The Hall–Kier alpha value is -2.29. The number of carbonyl (C=O) groups is 1. The van der Waals surface area contributed by atoms with Gasteiger partial charge in [-0.2, -0.15) is 0 Å². The summed E-state index contributed by atoms with van der Waals surface area (Å²) < 4.78 is 0. The van der Waals surface area contributed by atoms with E-state index >= 15 is 0 Å². The second-order valence-corrected chi connectivity index (χ2v) is 3.25. The van der Waals surface area contributed by atoms with Gasteiger partial charge in [0.1, 0.15) is 0 Å². The first-order valence-corrected chi connectivity index (χ1v) is 5.02. The van der Waals surface area contributed by atoms with Crippen molar-refractivity contribution in [2.75, 3.05) is 5.01 Å². The second-order valence-electron chi connectivity index (χ2n) is 3.25. The van der Waals surface area contributed by atoms with Crippen LogP contribution in [0, 0.1) is 0 Å². The number of carbonyl (C=O) groups excluding carboxylic acids is 1. The molecular formula is C13H12N2O. The summed E-state index contributed by atoms with van der Waals surface area (Å²) >= 11 is 0. The van der Waals surface area contributed by atoms with Gasteiger partial charge in [0.25, 0.3) is 0 Å². The Labute approximate surface area is 94.3 Å². The van der Waals surface area contributed by atoms with Gasteiger partial charge in [0.05, 0.1) is 11.4 Å². The summed E-state index contributed by atoms with van der Waals surface area (Å²) in [6, 6.07) is 19.3. The van der Waals surface area contributed by atoms with Crippen LogP contribution in [0.15, 0.2) is 60.7 Å². The molecule has 0 bridgehead atoms. The number of rotatable bonds is 4. The van der Waals surface area contributed by atoms with Gasteiger partial charge in [-0.3, -0.25) is 15.2 Å². The maximum absolute atomic E-state index is 10.6. The number of para-hydroxylation sites is 2. The number of benzene rings is 2. The molecule has 3 heteroatoms. The van der Waals surface area contributed by atoms with Crippen LogP contribution in [0.1, 0.15) is 0 Å². The molecule has 0 spiro atoms. The highest BCUT2D eigenvalue weighted by molar-refractivity contribution is 5.66. The highest BCUT2D eigenvalue weighted by atomic mass is 16.1. The Morgan fingerprint density at radius 2 is 1.25 bits per heavy atom. The van der Waals surface area contributed by atoms with E-state index in [2.05, 4.69) is 5.43 Å². The van der Waals surface area contributed by atoms with Crippen molar-refractivity contribution in [2.24, 2.45) is 0 Å². The molecule has 3 nitrogen and oxygen atoms in total. The zero-order valence-electron chi connectivity index (χ0n) is 8.71. The zero-order chi connectivity index (χ0) is 11.2. The fourth-order valence-corrected chi connectivity index (χ4v) is 1.50. The first-order valence-electron chi connectivity index (χ1n) is 5.02. The summed E-state index contributed by atoms with van der Waals surface area (Å²) in [5.41, 5.74) is 4.50. The van der Waals surface area contributed by atoms with E-state index in [1.54, 1.807) is 5.01 Å². The van der Waals surface area contributed by atoms with Crippen molar-refractivity contribution in [3.05, 3.63) is 60.7 Å². The second kappa shape index (κ2) is 4.98. The van der Waals surface area contributed by atoms with E-state index in [1.807, 2.05) is 60.7 Å². The van der Waals surface area contributed by atoms with Crippen molar-refractivity contribution in [3.63, 3.8) is 0 Å². The molecule has 0 aliphatic carbocycles. The maximum Gasteiger partial charge on any atom is 0.226 e. The van der Waals surface area contributed by atoms with Crippen LogP contribution in [-0.2, 0) is 4.79 Å². The molecule has 2 rings (SSSR count). The Kier molecular flexibility index (Phi) is 3.18. The molecule has 0 saturated heterocycles. The van der Waals surface area contributed by atoms with Crippen LogP contribution in [0.5, 0.6) is 0 Å². The lowest BCUT2D eigenvalue weighted by Crippen LogP contribution is -2.32. The summed E-state index contributed by atoms with van der Waals surface area (Å²) in [5.74, 6) is 0. The lowest BCUT2D eigenvalue weighted by atomic mass is 10.2. The fraction of sp³-hybridized carbons (Fsp3) is 0. The van der Waals surface area contributed by atoms with Crippen LogP contribution in [0.4, 0.5) is 11.4 Å². The molecule has 0 aliphatic heterocycles. The zero-order valence-corrected chi connectivity index (χ0v) is 8.71. The number of nitrogens with one attached hydrogen (secondary N) is 1. The van der Waals surface area contributed by atoms with Gasteiger partial charge in [0.15, 0.2) is 0 Å². The minimum atomic E-state index is 0.667. The molecule has 0 heterocycles. The highest BCUT2D eigenvalue weighted by Crippen LogP contribution is 2.21. The summed E-state index contributed by atoms with van der Waals surface area (Å²) in [6.07, 6.45) is 0.667. The average molecular weight is 212 g/mol. The summed E-state index contributed by atoms with van der Waals surface area (Å²) in [6.45, 7) is 0. The third-order valence-electron chi connectivity index (χ3n) is 2.21. The van der Waals surface area contributed by atoms with E-state index in [9.17, 15) is 4.79 Å². The van der Waals surface area contributed by atoms with Crippen LogP contribution in [0.2, 0.25) is 0 Å². The topological polar surface area (TPSA) is 32.3 Å². The largest absolute Gasteiger partial charge is 0.277 e. The van der Waals surface area contributed by atoms with Crippen LogP contribution >= 0.6 is 0 Å². The molecular weight excluding hydrogens is 200 g/mol. The summed E-state index contributed by atoms with van der Waals surface area (Å²) in [4.78, 5) is 10.6. The van der Waals surface area contributed by atoms with Gasteiger partial charge in [-0.25, -0.2) is 0 Å². The lowest BCUT2D eigenvalue weighted by molar-refractivity contribution is -0.109. The highest BCUT2D eigenvalue weighted by Gasteiger charge is 2.06. The number of amides is 1. The SMILES string of the molecule is O=CNN(c1ccccc1)c1ccccc1. The summed E-state index contributed by atoms with van der Waals surface area (Å²) in [5, 5.41) is 1.73. The van der Waals surface area contributed by atoms with E-state index in [-0.39, 0.29) is 0 Å². The van der Waals surface area contributed by atoms with Gasteiger partial charge < -0.3 is 0 Å². The molecule has 0 saturated carbocycles. The van der Waals surface area contributed by atoms with E-state index in [4.69, 9.17) is 0 Å². The predicted molar refractivity (Wildman–Crippen MR) is 64.2 cm³/mol. The number of nitrogens with zero attached hydrogens (tertiary/aromatic N) is 1.